The van der Waals surface area contributed by atoms with Gasteiger partial charge in [0.15, 0.2) is 0 Å². The minimum atomic E-state index is -5.24. The van der Waals surface area contributed by atoms with Gasteiger partial charge in [-0.3, -0.25) is 4.79 Å². The fourth-order valence-corrected chi connectivity index (χ4v) is 3.32. The number of alkyl halides is 3. The predicted octanol–water partition coefficient (Wildman–Crippen LogP) is 3.08. The number of halogens is 3. The fraction of sp³-hybridized carbons (Fsp3) is 0.300. The first kappa shape index (κ1) is 20.7. The van der Waals surface area contributed by atoms with Crippen LogP contribution < -0.4 is 15.4 Å². The molecule has 1 aliphatic heterocycles. The highest BCUT2D eigenvalue weighted by Crippen LogP contribution is 2.43. The number of hydrogen-bond donors (Lipinski definition) is 3. The normalized spacial score (nSPS) is 24.4. The monoisotopic (exact) mass is 408 g/mol. The molecule has 6 nitrogen and oxygen atoms in total. The van der Waals surface area contributed by atoms with E-state index in [0.717, 1.165) is 12.5 Å². The van der Waals surface area contributed by atoms with Crippen LogP contribution in [0.25, 0.3) is 0 Å². The molecule has 3 rings (SSSR count). The molecule has 154 valence electrons. The Morgan fingerprint density at radius 1 is 1.14 bits per heavy atom. The van der Waals surface area contributed by atoms with Crippen LogP contribution in [0.3, 0.4) is 0 Å². The van der Waals surface area contributed by atoms with Crippen molar-refractivity contribution in [2.75, 3.05) is 0 Å². The molecule has 29 heavy (non-hydrogen) atoms. The van der Waals surface area contributed by atoms with E-state index in [2.05, 4.69) is 5.32 Å². The average molecular weight is 408 g/mol. The Balaban J connectivity index is 1.84. The Morgan fingerprint density at radius 2 is 1.76 bits per heavy atom. The van der Waals surface area contributed by atoms with Crippen molar-refractivity contribution in [3.63, 3.8) is 0 Å². The zero-order valence-corrected chi connectivity index (χ0v) is 15.4. The molecule has 2 amide bonds. The zero-order chi connectivity index (χ0) is 21.2. The topological polar surface area (TPSA) is 87.7 Å². The highest BCUT2D eigenvalue weighted by molar-refractivity contribution is 5.86. The van der Waals surface area contributed by atoms with Crippen molar-refractivity contribution < 1.29 is 32.6 Å². The maximum atomic E-state index is 13.5. The molecule has 1 aliphatic rings. The van der Waals surface area contributed by atoms with Crippen molar-refractivity contribution >= 4 is 11.8 Å². The molecule has 1 saturated heterocycles. The average Bonchev–Trinajstić information content (AvgIpc) is 2.66. The van der Waals surface area contributed by atoms with Crippen molar-refractivity contribution in [3.05, 3.63) is 65.7 Å². The Labute approximate surface area is 164 Å². The van der Waals surface area contributed by atoms with Crippen LogP contribution in [0, 0.1) is 5.92 Å². The van der Waals surface area contributed by atoms with Gasteiger partial charge in [-0.15, -0.1) is 0 Å². The van der Waals surface area contributed by atoms with E-state index in [1.807, 2.05) is 30.3 Å². The summed E-state index contributed by atoms with van der Waals surface area (Å²) in [6.45, 7) is 1.24. The van der Waals surface area contributed by atoms with Gasteiger partial charge in [0, 0.05) is 0 Å². The molecule has 1 fully saturated rings. The van der Waals surface area contributed by atoms with Crippen molar-refractivity contribution in [1.29, 1.82) is 0 Å². The molecule has 0 radical (unpaired) electrons. The predicted molar refractivity (Wildman–Crippen MR) is 96.8 cm³/mol. The van der Waals surface area contributed by atoms with Gasteiger partial charge >= 0.3 is 12.2 Å². The molecular formula is C20H19F3N2O4. The van der Waals surface area contributed by atoms with Gasteiger partial charge < -0.3 is 20.5 Å². The lowest BCUT2D eigenvalue weighted by atomic mass is 9.79. The SMILES string of the molecule is CC(=O)[C@@H]1[C@@H](c2ccc(OCc3ccccc3)cc2)NC(=O)N[C@]1(O)C(F)(F)F. The molecule has 3 atom stereocenters. The molecular weight excluding hydrogens is 389 g/mol. The van der Waals surface area contributed by atoms with Crippen LogP contribution in [0.5, 0.6) is 5.75 Å². The van der Waals surface area contributed by atoms with E-state index in [1.165, 1.54) is 29.6 Å². The summed E-state index contributed by atoms with van der Waals surface area (Å²) in [6.07, 6.45) is -5.24. The smallest absolute Gasteiger partial charge is 0.437 e. The lowest BCUT2D eigenvalue weighted by Crippen LogP contribution is -2.72. The Bertz CT molecular complexity index is 887. The van der Waals surface area contributed by atoms with Crippen LogP contribution in [0.1, 0.15) is 24.1 Å². The lowest BCUT2D eigenvalue weighted by Gasteiger charge is -2.44. The first-order chi connectivity index (χ1) is 13.6. The summed E-state index contributed by atoms with van der Waals surface area (Å²) in [5.74, 6) is -2.42. The zero-order valence-electron chi connectivity index (χ0n) is 15.4. The summed E-state index contributed by atoms with van der Waals surface area (Å²) in [4.78, 5) is 23.8. The number of ketones is 1. The third-order valence-electron chi connectivity index (χ3n) is 4.73. The maximum absolute atomic E-state index is 13.5. The number of aliphatic hydroxyl groups is 1. The molecule has 3 N–H and O–H groups in total. The standard InChI is InChI=1S/C20H19F3N2O4/c1-12(26)16-17(24-18(27)25-19(16,28)20(21,22)23)14-7-9-15(10-8-14)29-11-13-5-3-2-4-6-13/h2-10,16-17,28H,11H2,1H3,(H2,24,25,27)/t16-,17-,19-/m1/s1. The van der Waals surface area contributed by atoms with E-state index in [9.17, 15) is 27.9 Å². The summed E-state index contributed by atoms with van der Waals surface area (Å²) in [6, 6.07) is 12.7. The van der Waals surface area contributed by atoms with Crippen molar-refractivity contribution in [3.8, 4) is 5.75 Å². The number of hydrogen-bond acceptors (Lipinski definition) is 4. The number of carbonyl (C=O) groups is 2. The van der Waals surface area contributed by atoms with E-state index in [0.29, 0.717) is 12.4 Å². The molecule has 0 spiro atoms. The first-order valence-corrected chi connectivity index (χ1v) is 8.77. The second-order valence-electron chi connectivity index (χ2n) is 6.77. The van der Waals surface area contributed by atoms with E-state index < -0.39 is 35.7 Å². The number of amides is 2. The van der Waals surface area contributed by atoms with Gasteiger partial charge in [-0.05, 0) is 30.2 Å². The third kappa shape index (κ3) is 4.19. The largest absolute Gasteiger partial charge is 0.489 e. The molecule has 0 aliphatic carbocycles. The van der Waals surface area contributed by atoms with Gasteiger partial charge in [-0.1, -0.05) is 42.5 Å². The van der Waals surface area contributed by atoms with Crippen LogP contribution in [-0.2, 0) is 11.4 Å². The van der Waals surface area contributed by atoms with Gasteiger partial charge in [0.25, 0.3) is 0 Å². The highest BCUT2D eigenvalue weighted by atomic mass is 19.4. The molecule has 0 bridgehead atoms. The van der Waals surface area contributed by atoms with E-state index in [-0.39, 0.29) is 5.56 Å². The van der Waals surface area contributed by atoms with Crippen molar-refractivity contribution in [2.24, 2.45) is 5.92 Å². The summed E-state index contributed by atoms with van der Waals surface area (Å²) < 4.78 is 46.0. The van der Waals surface area contributed by atoms with Gasteiger partial charge in [-0.25, -0.2) is 4.79 Å². The molecule has 9 heteroatoms. The molecule has 1 heterocycles. The number of nitrogens with one attached hydrogen (secondary N) is 2. The summed E-state index contributed by atoms with van der Waals surface area (Å²) in [5.41, 5.74) is -2.50. The van der Waals surface area contributed by atoms with Crippen molar-refractivity contribution in [1.82, 2.24) is 10.6 Å². The third-order valence-corrected chi connectivity index (χ3v) is 4.73. The second kappa shape index (κ2) is 7.75. The maximum Gasteiger partial charge on any atom is 0.437 e. The first-order valence-electron chi connectivity index (χ1n) is 8.77. The summed E-state index contributed by atoms with van der Waals surface area (Å²) >= 11 is 0. The highest BCUT2D eigenvalue weighted by Gasteiger charge is 2.65. The van der Waals surface area contributed by atoms with Gasteiger partial charge in [0.2, 0.25) is 5.72 Å². The Morgan fingerprint density at radius 3 is 2.31 bits per heavy atom. The molecule has 0 saturated carbocycles. The van der Waals surface area contributed by atoms with Crippen LogP contribution >= 0.6 is 0 Å². The summed E-state index contributed by atoms with van der Waals surface area (Å²) in [5, 5.41) is 13.9. The van der Waals surface area contributed by atoms with Crippen molar-refractivity contribution in [2.45, 2.75) is 31.5 Å². The molecule has 0 aromatic heterocycles. The lowest BCUT2D eigenvalue weighted by molar-refractivity contribution is -0.290. The number of benzene rings is 2. The second-order valence-corrected chi connectivity index (χ2v) is 6.77. The van der Waals surface area contributed by atoms with E-state index in [4.69, 9.17) is 4.74 Å². The number of ether oxygens (including phenoxy) is 1. The van der Waals surface area contributed by atoms with E-state index >= 15 is 0 Å². The van der Waals surface area contributed by atoms with Gasteiger partial charge in [0.1, 0.15) is 18.1 Å². The molecule has 0 unspecified atom stereocenters. The number of Topliss-reactive ketones (excluding diaryl/α,β-unsaturated/α-hetero) is 1. The van der Waals surface area contributed by atoms with Crippen LogP contribution in [0.2, 0.25) is 0 Å². The summed E-state index contributed by atoms with van der Waals surface area (Å²) in [7, 11) is 0. The molecule has 2 aromatic rings. The Hall–Kier alpha value is -3.07. The van der Waals surface area contributed by atoms with Gasteiger partial charge in [-0.2, -0.15) is 13.2 Å². The van der Waals surface area contributed by atoms with Gasteiger partial charge in [0.05, 0.1) is 12.0 Å². The number of rotatable bonds is 5. The van der Waals surface area contributed by atoms with Crippen LogP contribution in [-0.4, -0.2) is 28.8 Å². The minimum Gasteiger partial charge on any atom is -0.489 e. The molecule has 2 aromatic carbocycles. The number of urea groups is 1. The van der Waals surface area contributed by atoms with Crippen LogP contribution in [0.4, 0.5) is 18.0 Å². The Kier molecular flexibility index (Phi) is 5.52. The quantitative estimate of drug-likeness (QED) is 0.710. The fourth-order valence-electron chi connectivity index (χ4n) is 3.32. The van der Waals surface area contributed by atoms with E-state index in [1.54, 1.807) is 0 Å². The number of carbonyl (C=O) groups excluding carboxylic acids is 2. The minimum absolute atomic E-state index is 0.231. The van der Waals surface area contributed by atoms with Crippen LogP contribution in [0.15, 0.2) is 54.6 Å².